The minimum Gasteiger partial charge on any atom is -0.467 e. The number of hydrogen-bond donors (Lipinski definition) is 2. The number of rotatable bonds is 2. The number of para-hydroxylation sites is 1. The first-order valence-electron chi connectivity index (χ1n) is 7.42. The van der Waals surface area contributed by atoms with Crippen LogP contribution in [0.15, 0.2) is 36.5 Å². The number of carbonyl (C=O) groups excluding carboxylic acids is 2. The van der Waals surface area contributed by atoms with Crippen LogP contribution >= 0.6 is 0 Å². The van der Waals surface area contributed by atoms with Crippen molar-refractivity contribution < 1.29 is 14.3 Å². The third-order valence-electron chi connectivity index (χ3n) is 3.77. The van der Waals surface area contributed by atoms with Crippen molar-refractivity contribution >= 4 is 23.4 Å². The van der Waals surface area contributed by atoms with Crippen molar-refractivity contribution in [2.45, 2.75) is 19.5 Å². The van der Waals surface area contributed by atoms with Gasteiger partial charge in [-0.15, -0.1) is 0 Å². The molecule has 0 saturated carbocycles. The van der Waals surface area contributed by atoms with E-state index >= 15 is 0 Å². The van der Waals surface area contributed by atoms with Crippen LogP contribution in [0.1, 0.15) is 12.5 Å². The molecule has 0 bridgehead atoms. The van der Waals surface area contributed by atoms with Crippen LogP contribution in [-0.4, -0.2) is 40.0 Å². The molecule has 0 fully saturated rings. The van der Waals surface area contributed by atoms with Crippen LogP contribution in [0, 0.1) is 0 Å². The number of nitrogens with one attached hydrogen (secondary N) is 2. The molecule has 3 rings (SSSR count). The molecule has 2 N–H and O–H groups in total. The number of aromatic nitrogens is 2. The molecule has 0 radical (unpaired) electrons. The van der Waals surface area contributed by atoms with Crippen LogP contribution in [0.5, 0.6) is 6.01 Å². The minimum absolute atomic E-state index is 0.153. The molecule has 8 nitrogen and oxygen atoms in total. The molecule has 124 valence electrons. The quantitative estimate of drug-likeness (QED) is 0.877. The summed E-state index contributed by atoms with van der Waals surface area (Å²) in [5.74, 6) is 0.0624. The first-order valence-corrected chi connectivity index (χ1v) is 7.42. The topological polar surface area (TPSA) is 96.5 Å². The third kappa shape index (κ3) is 3.12. The van der Waals surface area contributed by atoms with Gasteiger partial charge >= 0.3 is 12.0 Å². The van der Waals surface area contributed by atoms with Crippen LogP contribution in [-0.2, 0) is 11.3 Å². The number of amides is 3. The van der Waals surface area contributed by atoms with Crippen molar-refractivity contribution in [3.63, 3.8) is 0 Å². The number of ether oxygens (including phenoxy) is 1. The lowest BCUT2D eigenvalue weighted by molar-refractivity contribution is -0.119. The van der Waals surface area contributed by atoms with E-state index in [-0.39, 0.29) is 11.9 Å². The van der Waals surface area contributed by atoms with E-state index in [2.05, 4.69) is 20.6 Å². The molecule has 0 spiro atoms. The average molecular weight is 327 g/mol. The highest BCUT2D eigenvalue weighted by Crippen LogP contribution is 2.23. The van der Waals surface area contributed by atoms with Crippen molar-refractivity contribution in [1.82, 2.24) is 14.9 Å². The summed E-state index contributed by atoms with van der Waals surface area (Å²) in [5.41, 5.74) is 1.58. The lowest BCUT2D eigenvalue weighted by atomic mass is 10.2. The summed E-state index contributed by atoms with van der Waals surface area (Å²) in [6.45, 7) is 1.99. The summed E-state index contributed by atoms with van der Waals surface area (Å²) in [4.78, 5) is 34.3. The van der Waals surface area contributed by atoms with Gasteiger partial charge in [-0.1, -0.05) is 18.2 Å². The Morgan fingerprint density at radius 3 is 2.96 bits per heavy atom. The maximum absolute atomic E-state index is 12.6. The highest BCUT2D eigenvalue weighted by Gasteiger charge is 2.30. The molecule has 0 aliphatic carbocycles. The second kappa shape index (κ2) is 6.53. The number of fused-ring (bicyclic) bond motifs is 1. The van der Waals surface area contributed by atoms with Gasteiger partial charge in [-0.3, -0.25) is 10.1 Å². The monoisotopic (exact) mass is 327 g/mol. The minimum atomic E-state index is -0.624. The molecule has 2 heterocycles. The Hall–Kier alpha value is -3.16. The molecule has 1 unspecified atom stereocenters. The summed E-state index contributed by atoms with van der Waals surface area (Å²) < 4.78 is 4.94. The fourth-order valence-corrected chi connectivity index (χ4v) is 2.42. The second-order valence-corrected chi connectivity index (χ2v) is 5.31. The first kappa shape index (κ1) is 15.7. The van der Waals surface area contributed by atoms with Crippen LogP contribution in [0.3, 0.4) is 0 Å². The zero-order valence-electron chi connectivity index (χ0n) is 13.3. The van der Waals surface area contributed by atoms with E-state index in [4.69, 9.17) is 4.74 Å². The number of benzene rings is 1. The van der Waals surface area contributed by atoms with Crippen molar-refractivity contribution in [3.05, 3.63) is 42.1 Å². The van der Waals surface area contributed by atoms with Crippen LogP contribution in [0.4, 0.5) is 16.3 Å². The summed E-state index contributed by atoms with van der Waals surface area (Å²) in [5, 5.41) is 5.50. The molecule has 8 heteroatoms. The summed E-state index contributed by atoms with van der Waals surface area (Å²) in [7, 11) is 1.44. The predicted octanol–water partition coefficient (Wildman–Crippen LogP) is 1.86. The molecule has 24 heavy (non-hydrogen) atoms. The summed E-state index contributed by atoms with van der Waals surface area (Å²) in [6, 6.07) is 8.06. The van der Waals surface area contributed by atoms with Gasteiger partial charge < -0.3 is 15.0 Å². The standard InChI is InChI=1S/C16H17N5O3/c1-10-14(22)18-12-6-4-3-5-11(12)9-21(10)16(23)20-13-7-8-17-15(19-13)24-2/h3-8,10H,9H2,1-2H3,(H,18,22)(H,17,19,20,23). The van der Waals surface area contributed by atoms with E-state index in [0.717, 1.165) is 5.56 Å². The van der Waals surface area contributed by atoms with Gasteiger partial charge in [-0.05, 0) is 24.6 Å². The number of carbonyl (C=O) groups is 2. The van der Waals surface area contributed by atoms with Crippen LogP contribution < -0.4 is 15.4 Å². The maximum Gasteiger partial charge on any atom is 0.323 e. The fourth-order valence-electron chi connectivity index (χ4n) is 2.42. The largest absolute Gasteiger partial charge is 0.467 e. The Bertz CT molecular complexity index is 780. The lowest BCUT2D eigenvalue weighted by Gasteiger charge is -2.25. The number of hydrogen-bond acceptors (Lipinski definition) is 5. The predicted molar refractivity (Wildman–Crippen MR) is 87.7 cm³/mol. The maximum atomic E-state index is 12.6. The SMILES string of the molecule is COc1nccc(NC(=O)N2Cc3ccccc3NC(=O)C2C)n1. The Morgan fingerprint density at radius 1 is 1.38 bits per heavy atom. The first-order chi connectivity index (χ1) is 11.6. The van der Waals surface area contributed by atoms with Crippen LogP contribution in [0.25, 0.3) is 0 Å². The smallest absolute Gasteiger partial charge is 0.323 e. The van der Waals surface area contributed by atoms with E-state index in [1.54, 1.807) is 13.0 Å². The van der Waals surface area contributed by atoms with Gasteiger partial charge in [0.25, 0.3) is 0 Å². The normalized spacial score (nSPS) is 16.7. The Labute approximate surface area is 138 Å². The molecule has 1 aromatic heterocycles. The Morgan fingerprint density at radius 2 is 2.17 bits per heavy atom. The number of nitrogens with zero attached hydrogens (tertiary/aromatic N) is 3. The molecule has 0 saturated heterocycles. The Balaban J connectivity index is 1.83. The van der Waals surface area contributed by atoms with Gasteiger partial charge in [-0.25, -0.2) is 9.78 Å². The van der Waals surface area contributed by atoms with Gasteiger partial charge in [0, 0.05) is 11.9 Å². The van der Waals surface area contributed by atoms with Gasteiger partial charge in [0.05, 0.1) is 13.7 Å². The Kier molecular flexibility index (Phi) is 4.28. The molecule has 3 amide bonds. The number of methoxy groups -OCH3 is 1. The number of anilines is 2. The fraction of sp³-hybridized carbons (Fsp3) is 0.250. The molecular formula is C16H17N5O3. The highest BCUT2D eigenvalue weighted by atomic mass is 16.5. The van der Waals surface area contributed by atoms with E-state index in [9.17, 15) is 9.59 Å². The van der Waals surface area contributed by atoms with Crippen molar-refractivity contribution in [3.8, 4) is 6.01 Å². The van der Waals surface area contributed by atoms with Gasteiger partial charge in [-0.2, -0.15) is 4.98 Å². The van der Waals surface area contributed by atoms with Crippen molar-refractivity contribution in [2.24, 2.45) is 0 Å². The van der Waals surface area contributed by atoms with Gasteiger partial charge in [0.15, 0.2) is 0 Å². The van der Waals surface area contributed by atoms with Crippen molar-refractivity contribution in [1.29, 1.82) is 0 Å². The summed E-state index contributed by atoms with van der Waals surface area (Å²) >= 11 is 0. The third-order valence-corrected chi connectivity index (χ3v) is 3.77. The van der Waals surface area contributed by atoms with Gasteiger partial charge in [0.1, 0.15) is 11.9 Å². The van der Waals surface area contributed by atoms with Crippen molar-refractivity contribution in [2.75, 3.05) is 17.7 Å². The molecule has 1 aliphatic rings. The highest BCUT2D eigenvalue weighted by molar-refractivity contribution is 6.00. The molecule has 1 aromatic carbocycles. The molecular weight excluding hydrogens is 310 g/mol. The zero-order valence-corrected chi connectivity index (χ0v) is 13.3. The lowest BCUT2D eigenvalue weighted by Crippen LogP contribution is -2.45. The van der Waals surface area contributed by atoms with Gasteiger partial charge in [0.2, 0.25) is 5.91 Å². The van der Waals surface area contributed by atoms with E-state index < -0.39 is 12.1 Å². The van der Waals surface area contributed by atoms with E-state index in [1.807, 2.05) is 24.3 Å². The van der Waals surface area contributed by atoms with E-state index in [0.29, 0.717) is 18.1 Å². The molecule has 2 aromatic rings. The number of urea groups is 1. The molecule has 1 aliphatic heterocycles. The summed E-state index contributed by atoms with van der Waals surface area (Å²) in [6.07, 6.45) is 1.48. The van der Waals surface area contributed by atoms with E-state index in [1.165, 1.54) is 18.2 Å². The molecule has 1 atom stereocenters. The van der Waals surface area contributed by atoms with Crippen LogP contribution in [0.2, 0.25) is 0 Å². The average Bonchev–Trinajstić information content (AvgIpc) is 2.72. The second-order valence-electron chi connectivity index (χ2n) is 5.31. The zero-order chi connectivity index (χ0) is 17.1.